The zero-order valence-electron chi connectivity index (χ0n) is 13.8. The van der Waals surface area contributed by atoms with E-state index >= 15 is 0 Å². The minimum absolute atomic E-state index is 0.0525. The van der Waals surface area contributed by atoms with E-state index in [1.807, 2.05) is 0 Å². The standard InChI is InChI=1S/C18H15FN2O4S/c1-11-6-9-25-15(11)16(22)20-7-8-21-17(23)14(26-18(21)24)10-12-2-4-13(19)5-3-12/h2-6,9-10H,7-8H2,1H3,(H,20,22)/b14-10-. The molecule has 1 aromatic carbocycles. The van der Waals surface area contributed by atoms with Crippen LogP contribution in [0.4, 0.5) is 9.18 Å². The zero-order chi connectivity index (χ0) is 18.7. The number of nitrogens with one attached hydrogen (secondary N) is 1. The van der Waals surface area contributed by atoms with Crippen molar-refractivity contribution in [1.82, 2.24) is 10.2 Å². The van der Waals surface area contributed by atoms with Crippen molar-refractivity contribution in [3.05, 3.63) is 64.2 Å². The summed E-state index contributed by atoms with van der Waals surface area (Å²) in [5.41, 5.74) is 1.33. The van der Waals surface area contributed by atoms with Gasteiger partial charge in [-0.2, -0.15) is 0 Å². The van der Waals surface area contributed by atoms with E-state index in [2.05, 4.69) is 5.32 Å². The van der Waals surface area contributed by atoms with Crippen molar-refractivity contribution in [1.29, 1.82) is 0 Å². The molecule has 0 bridgehead atoms. The lowest BCUT2D eigenvalue weighted by Crippen LogP contribution is -2.37. The Labute approximate surface area is 153 Å². The van der Waals surface area contributed by atoms with Gasteiger partial charge in [0.2, 0.25) is 0 Å². The smallest absolute Gasteiger partial charge is 0.293 e. The van der Waals surface area contributed by atoms with Gasteiger partial charge < -0.3 is 9.73 Å². The number of furan rings is 1. The summed E-state index contributed by atoms with van der Waals surface area (Å²) in [7, 11) is 0. The van der Waals surface area contributed by atoms with Gasteiger partial charge in [0.05, 0.1) is 11.2 Å². The summed E-state index contributed by atoms with van der Waals surface area (Å²) in [6, 6.07) is 7.28. The van der Waals surface area contributed by atoms with Crippen LogP contribution < -0.4 is 5.32 Å². The molecule has 2 aromatic rings. The second-order valence-corrected chi connectivity index (χ2v) is 6.57. The fourth-order valence-corrected chi connectivity index (χ4v) is 3.24. The van der Waals surface area contributed by atoms with Crippen LogP contribution in [-0.2, 0) is 4.79 Å². The molecule has 1 aromatic heterocycles. The summed E-state index contributed by atoms with van der Waals surface area (Å²) < 4.78 is 18.0. The Morgan fingerprint density at radius 3 is 2.65 bits per heavy atom. The second kappa shape index (κ2) is 7.57. The van der Waals surface area contributed by atoms with Crippen molar-refractivity contribution < 1.29 is 23.2 Å². The molecule has 0 radical (unpaired) electrons. The zero-order valence-corrected chi connectivity index (χ0v) is 14.6. The quantitative estimate of drug-likeness (QED) is 0.813. The first-order valence-electron chi connectivity index (χ1n) is 7.79. The van der Waals surface area contributed by atoms with Crippen LogP contribution in [-0.4, -0.2) is 35.0 Å². The van der Waals surface area contributed by atoms with E-state index in [0.717, 1.165) is 16.7 Å². The highest BCUT2D eigenvalue weighted by molar-refractivity contribution is 8.18. The highest BCUT2D eigenvalue weighted by atomic mass is 32.2. The Morgan fingerprint density at radius 1 is 1.27 bits per heavy atom. The molecule has 1 aliphatic heterocycles. The van der Waals surface area contributed by atoms with Crippen LogP contribution >= 0.6 is 11.8 Å². The van der Waals surface area contributed by atoms with Gasteiger partial charge in [0.1, 0.15) is 5.82 Å². The van der Waals surface area contributed by atoms with E-state index < -0.39 is 17.1 Å². The number of aryl methyl sites for hydroxylation is 1. The molecule has 2 heterocycles. The fraction of sp³-hybridized carbons (Fsp3) is 0.167. The molecule has 134 valence electrons. The summed E-state index contributed by atoms with van der Waals surface area (Å²) in [6.07, 6.45) is 2.95. The Kier molecular flexibility index (Phi) is 5.22. The maximum atomic E-state index is 12.9. The van der Waals surface area contributed by atoms with Gasteiger partial charge in [-0.3, -0.25) is 19.3 Å². The monoisotopic (exact) mass is 374 g/mol. The maximum absolute atomic E-state index is 12.9. The third kappa shape index (κ3) is 3.85. The first kappa shape index (κ1) is 17.9. The van der Waals surface area contributed by atoms with E-state index in [9.17, 15) is 18.8 Å². The molecule has 1 aliphatic rings. The molecule has 1 N–H and O–H groups in total. The van der Waals surface area contributed by atoms with Crippen molar-refractivity contribution in [2.75, 3.05) is 13.1 Å². The molecule has 8 heteroatoms. The van der Waals surface area contributed by atoms with Crippen molar-refractivity contribution >= 4 is 34.9 Å². The van der Waals surface area contributed by atoms with Crippen molar-refractivity contribution in [3.63, 3.8) is 0 Å². The molecule has 26 heavy (non-hydrogen) atoms. The summed E-state index contributed by atoms with van der Waals surface area (Å²) in [5, 5.41) is 2.21. The molecule has 1 fully saturated rings. The molecule has 3 amide bonds. The molecular formula is C18H15FN2O4S. The van der Waals surface area contributed by atoms with Gasteiger partial charge in [-0.25, -0.2) is 4.39 Å². The van der Waals surface area contributed by atoms with E-state index in [1.165, 1.54) is 36.6 Å². The molecule has 3 rings (SSSR count). The van der Waals surface area contributed by atoms with Gasteiger partial charge in [0.25, 0.3) is 17.1 Å². The molecule has 0 unspecified atom stereocenters. The van der Waals surface area contributed by atoms with Crippen LogP contribution in [0.15, 0.2) is 45.9 Å². The van der Waals surface area contributed by atoms with Crippen molar-refractivity contribution in [3.8, 4) is 0 Å². The highest BCUT2D eigenvalue weighted by Crippen LogP contribution is 2.31. The van der Waals surface area contributed by atoms with Crippen molar-refractivity contribution in [2.45, 2.75) is 6.92 Å². The average molecular weight is 374 g/mol. The number of hydrogen-bond acceptors (Lipinski definition) is 5. The van der Waals surface area contributed by atoms with Gasteiger partial charge in [-0.1, -0.05) is 12.1 Å². The molecule has 0 atom stereocenters. The van der Waals surface area contributed by atoms with Crippen molar-refractivity contribution in [2.24, 2.45) is 0 Å². The Bertz CT molecular complexity index is 889. The van der Waals surface area contributed by atoms with Gasteiger partial charge in [0.15, 0.2) is 5.76 Å². The number of benzene rings is 1. The van der Waals surface area contributed by atoms with E-state index in [4.69, 9.17) is 4.42 Å². The SMILES string of the molecule is Cc1ccoc1C(=O)NCCN1C(=O)S/C(=C\c2ccc(F)cc2)C1=O. The molecule has 0 aliphatic carbocycles. The number of amides is 3. The van der Waals surface area contributed by atoms with Crippen LogP contribution in [0.5, 0.6) is 0 Å². The fourth-order valence-electron chi connectivity index (χ4n) is 2.37. The lowest BCUT2D eigenvalue weighted by atomic mass is 10.2. The summed E-state index contributed by atoms with van der Waals surface area (Å²) in [5.74, 6) is -1.01. The maximum Gasteiger partial charge on any atom is 0.293 e. The molecule has 6 nitrogen and oxygen atoms in total. The average Bonchev–Trinajstić information content (AvgIpc) is 3.15. The van der Waals surface area contributed by atoms with E-state index in [0.29, 0.717) is 11.1 Å². The van der Waals surface area contributed by atoms with E-state index in [1.54, 1.807) is 13.0 Å². The van der Waals surface area contributed by atoms with Crippen LogP contribution in [0.3, 0.4) is 0 Å². The Balaban J connectivity index is 1.60. The van der Waals surface area contributed by atoms with Crippen LogP contribution in [0, 0.1) is 12.7 Å². The van der Waals surface area contributed by atoms with Gasteiger partial charge in [-0.15, -0.1) is 0 Å². The number of carbonyl (C=O) groups is 3. The first-order chi connectivity index (χ1) is 12.5. The van der Waals surface area contributed by atoms with Gasteiger partial charge in [-0.05, 0) is 48.5 Å². The molecular weight excluding hydrogens is 359 g/mol. The van der Waals surface area contributed by atoms with Crippen LogP contribution in [0.25, 0.3) is 6.08 Å². The topological polar surface area (TPSA) is 79.6 Å². The lowest BCUT2D eigenvalue weighted by Gasteiger charge is -2.12. The molecule has 0 spiro atoms. The third-order valence-corrected chi connectivity index (χ3v) is 4.64. The van der Waals surface area contributed by atoms with Gasteiger partial charge in [0, 0.05) is 18.7 Å². The Morgan fingerprint density at radius 2 is 2.00 bits per heavy atom. The predicted octanol–water partition coefficient (Wildman–Crippen LogP) is 3.19. The van der Waals surface area contributed by atoms with Crippen LogP contribution in [0.2, 0.25) is 0 Å². The van der Waals surface area contributed by atoms with E-state index in [-0.39, 0.29) is 29.6 Å². The lowest BCUT2D eigenvalue weighted by molar-refractivity contribution is -0.122. The minimum atomic E-state index is -0.437. The second-order valence-electron chi connectivity index (χ2n) is 5.57. The van der Waals surface area contributed by atoms with Gasteiger partial charge >= 0.3 is 0 Å². The number of thioether (sulfide) groups is 1. The highest BCUT2D eigenvalue weighted by Gasteiger charge is 2.34. The Hall–Kier alpha value is -2.87. The number of carbonyl (C=O) groups excluding carboxylic acids is 3. The summed E-state index contributed by atoms with van der Waals surface area (Å²) >= 11 is 0.813. The number of hydrogen-bond donors (Lipinski definition) is 1. The first-order valence-corrected chi connectivity index (χ1v) is 8.60. The van der Waals surface area contributed by atoms with Crippen LogP contribution in [0.1, 0.15) is 21.7 Å². The number of rotatable bonds is 5. The summed E-state index contributed by atoms with van der Waals surface area (Å²) in [4.78, 5) is 37.7. The number of halogens is 1. The summed E-state index contributed by atoms with van der Waals surface area (Å²) in [6.45, 7) is 1.91. The third-order valence-electron chi connectivity index (χ3n) is 3.73. The normalized spacial score (nSPS) is 15.8. The number of nitrogens with zero attached hydrogens (tertiary/aromatic N) is 1. The minimum Gasteiger partial charge on any atom is -0.459 e. The predicted molar refractivity (Wildman–Crippen MR) is 94.9 cm³/mol. The molecule has 0 saturated carbocycles. The largest absolute Gasteiger partial charge is 0.459 e. The molecule has 1 saturated heterocycles. The number of imide groups is 1.